The molecule has 1 unspecified atom stereocenters. The monoisotopic (exact) mass is 256 g/mol. The van der Waals surface area contributed by atoms with Gasteiger partial charge in [0.15, 0.2) is 0 Å². The number of aliphatic hydroxyl groups is 1. The molecule has 0 amide bonds. The minimum atomic E-state index is -0.281. The summed E-state index contributed by atoms with van der Waals surface area (Å²) < 4.78 is 18.4. The number of nitrogens with two attached hydrogens (primary N) is 1. The number of rotatable bonds is 7. The number of ether oxygens (including phenoxy) is 1. The van der Waals surface area contributed by atoms with E-state index in [1.54, 1.807) is 6.07 Å². The molecule has 5 heteroatoms. The lowest BCUT2D eigenvalue weighted by Crippen LogP contribution is -2.25. The average molecular weight is 256 g/mol. The number of benzene rings is 1. The van der Waals surface area contributed by atoms with Crippen molar-refractivity contribution in [2.75, 3.05) is 38.3 Å². The molecule has 0 aliphatic heterocycles. The maximum absolute atomic E-state index is 13.2. The Labute approximate surface area is 107 Å². The van der Waals surface area contributed by atoms with Crippen LogP contribution < -0.4 is 10.6 Å². The largest absolute Gasteiger partial charge is 0.394 e. The Kier molecular flexibility index (Phi) is 6.04. The highest BCUT2D eigenvalue weighted by Gasteiger charge is 2.11. The number of hydrogen-bond donors (Lipinski definition) is 2. The first-order valence-electron chi connectivity index (χ1n) is 6.01. The van der Waals surface area contributed by atoms with Crippen LogP contribution in [0.1, 0.15) is 18.5 Å². The van der Waals surface area contributed by atoms with E-state index in [2.05, 4.69) is 0 Å². The first kappa shape index (κ1) is 14.9. The summed E-state index contributed by atoms with van der Waals surface area (Å²) in [4.78, 5) is 1.97. The summed E-state index contributed by atoms with van der Waals surface area (Å²) in [5.41, 5.74) is 7.52. The standard InChI is InChI=1S/C13H21FN2O2/c1-10(15)12-9-11(14)3-4-13(12)16(2)5-7-18-8-6-17/h3-4,9-10,17H,5-8,15H2,1-2H3. The maximum atomic E-state index is 13.2. The van der Waals surface area contributed by atoms with Crippen molar-refractivity contribution in [2.45, 2.75) is 13.0 Å². The lowest BCUT2D eigenvalue weighted by atomic mass is 10.1. The zero-order valence-corrected chi connectivity index (χ0v) is 10.9. The molecule has 1 aromatic carbocycles. The molecule has 0 saturated heterocycles. The van der Waals surface area contributed by atoms with Crippen LogP contribution in [-0.2, 0) is 4.74 Å². The van der Waals surface area contributed by atoms with E-state index in [4.69, 9.17) is 15.6 Å². The van der Waals surface area contributed by atoms with Crippen molar-refractivity contribution in [3.05, 3.63) is 29.6 Å². The van der Waals surface area contributed by atoms with Crippen molar-refractivity contribution >= 4 is 5.69 Å². The van der Waals surface area contributed by atoms with Gasteiger partial charge in [0.05, 0.1) is 19.8 Å². The second kappa shape index (κ2) is 7.31. The molecule has 0 aromatic heterocycles. The van der Waals surface area contributed by atoms with E-state index in [1.165, 1.54) is 12.1 Å². The minimum absolute atomic E-state index is 0.0192. The molecule has 1 rings (SSSR count). The summed E-state index contributed by atoms with van der Waals surface area (Å²) in [5, 5.41) is 8.60. The quantitative estimate of drug-likeness (QED) is 0.722. The van der Waals surface area contributed by atoms with Crippen LogP contribution in [0.4, 0.5) is 10.1 Å². The number of likely N-dealkylation sites (N-methyl/N-ethyl adjacent to an activating group) is 1. The maximum Gasteiger partial charge on any atom is 0.123 e. The van der Waals surface area contributed by atoms with Crippen LogP contribution in [0.5, 0.6) is 0 Å². The van der Waals surface area contributed by atoms with Crippen molar-refractivity contribution < 1.29 is 14.2 Å². The van der Waals surface area contributed by atoms with Gasteiger partial charge in [-0.3, -0.25) is 0 Å². The van der Waals surface area contributed by atoms with E-state index in [0.29, 0.717) is 19.8 Å². The molecule has 1 aromatic rings. The van der Waals surface area contributed by atoms with Gasteiger partial charge in [-0.2, -0.15) is 0 Å². The molecule has 0 radical (unpaired) electrons. The zero-order chi connectivity index (χ0) is 13.5. The van der Waals surface area contributed by atoms with Crippen LogP contribution >= 0.6 is 0 Å². The molecule has 4 nitrogen and oxygen atoms in total. The fraction of sp³-hybridized carbons (Fsp3) is 0.538. The third-order valence-corrected chi connectivity index (χ3v) is 2.70. The molecule has 0 bridgehead atoms. The van der Waals surface area contributed by atoms with E-state index in [9.17, 15) is 4.39 Å². The lowest BCUT2D eigenvalue weighted by molar-refractivity contribution is 0.0971. The van der Waals surface area contributed by atoms with Gasteiger partial charge in [-0.15, -0.1) is 0 Å². The van der Waals surface area contributed by atoms with E-state index in [-0.39, 0.29) is 18.5 Å². The van der Waals surface area contributed by atoms with Crippen molar-refractivity contribution in [3.8, 4) is 0 Å². The Hall–Kier alpha value is -1.17. The predicted molar refractivity (Wildman–Crippen MR) is 70.2 cm³/mol. The lowest BCUT2D eigenvalue weighted by Gasteiger charge is -2.24. The fourth-order valence-electron chi connectivity index (χ4n) is 1.73. The normalized spacial score (nSPS) is 12.5. The molecule has 0 fully saturated rings. The first-order chi connectivity index (χ1) is 8.56. The van der Waals surface area contributed by atoms with Crippen LogP contribution in [0.3, 0.4) is 0 Å². The average Bonchev–Trinajstić information content (AvgIpc) is 2.34. The number of aliphatic hydroxyl groups excluding tert-OH is 1. The zero-order valence-electron chi connectivity index (χ0n) is 10.9. The van der Waals surface area contributed by atoms with Crippen molar-refractivity contribution in [3.63, 3.8) is 0 Å². The smallest absolute Gasteiger partial charge is 0.123 e. The Morgan fingerprint density at radius 2 is 2.17 bits per heavy atom. The van der Waals surface area contributed by atoms with Gasteiger partial charge in [0.1, 0.15) is 5.82 Å². The molecule has 0 saturated carbocycles. The highest BCUT2D eigenvalue weighted by Crippen LogP contribution is 2.25. The second-order valence-corrected chi connectivity index (χ2v) is 4.25. The van der Waals surface area contributed by atoms with Gasteiger partial charge < -0.3 is 20.5 Å². The van der Waals surface area contributed by atoms with Crippen molar-refractivity contribution in [2.24, 2.45) is 5.73 Å². The highest BCUT2D eigenvalue weighted by molar-refractivity contribution is 5.54. The van der Waals surface area contributed by atoms with Crippen LogP contribution in [0.25, 0.3) is 0 Å². The Bertz CT molecular complexity index is 372. The Balaban J connectivity index is 2.69. The highest BCUT2D eigenvalue weighted by atomic mass is 19.1. The van der Waals surface area contributed by atoms with Crippen LogP contribution in [0, 0.1) is 5.82 Å². The number of anilines is 1. The van der Waals surface area contributed by atoms with E-state index in [1.807, 2.05) is 18.9 Å². The van der Waals surface area contributed by atoms with Gasteiger partial charge in [0.2, 0.25) is 0 Å². The Morgan fingerprint density at radius 1 is 1.44 bits per heavy atom. The summed E-state index contributed by atoms with van der Waals surface area (Å²) in [6.07, 6.45) is 0. The molecule has 0 heterocycles. The summed E-state index contributed by atoms with van der Waals surface area (Å²) in [7, 11) is 1.90. The predicted octanol–water partition coefficient (Wildman–Crippen LogP) is 1.29. The minimum Gasteiger partial charge on any atom is -0.394 e. The van der Waals surface area contributed by atoms with Gasteiger partial charge in [0, 0.05) is 25.3 Å². The number of hydrogen-bond acceptors (Lipinski definition) is 4. The third kappa shape index (κ3) is 4.25. The van der Waals surface area contributed by atoms with E-state index < -0.39 is 0 Å². The summed E-state index contributed by atoms with van der Waals surface area (Å²) >= 11 is 0. The molecule has 3 N–H and O–H groups in total. The third-order valence-electron chi connectivity index (χ3n) is 2.70. The number of halogens is 1. The van der Waals surface area contributed by atoms with Gasteiger partial charge in [-0.05, 0) is 30.7 Å². The van der Waals surface area contributed by atoms with Crippen LogP contribution in [-0.4, -0.2) is 38.5 Å². The molecule has 1 atom stereocenters. The first-order valence-corrected chi connectivity index (χ1v) is 6.01. The van der Waals surface area contributed by atoms with Crippen LogP contribution in [0.15, 0.2) is 18.2 Å². The number of nitrogens with zero attached hydrogens (tertiary/aromatic N) is 1. The van der Waals surface area contributed by atoms with Gasteiger partial charge in [-0.1, -0.05) is 0 Å². The summed E-state index contributed by atoms with van der Waals surface area (Å²) in [5.74, 6) is -0.281. The van der Waals surface area contributed by atoms with Gasteiger partial charge in [-0.25, -0.2) is 4.39 Å². The van der Waals surface area contributed by atoms with Crippen molar-refractivity contribution in [1.29, 1.82) is 0 Å². The molecular formula is C13H21FN2O2. The molecular weight excluding hydrogens is 235 g/mol. The van der Waals surface area contributed by atoms with Gasteiger partial charge >= 0.3 is 0 Å². The SMILES string of the molecule is CC(N)c1cc(F)ccc1N(C)CCOCCO. The fourth-order valence-corrected chi connectivity index (χ4v) is 1.73. The molecule has 0 aliphatic carbocycles. The van der Waals surface area contributed by atoms with Crippen molar-refractivity contribution in [1.82, 2.24) is 0 Å². The summed E-state index contributed by atoms with van der Waals surface area (Å²) in [6.45, 7) is 3.34. The summed E-state index contributed by atoms with van der Waals surface area (Å²) in [6, 6.07) is 4.38. The van der Waals surface area contributed by atoms with Crippen LogP contribution in [0.2, 0.25) is 0 Å². The molecule has 0 spiro atoms. The van der Waals surface area contributed by atoms with E-state index in [0.717, 1.165) is 11.3 Å². The van der Waals surface area contributed by atoms with E-state index >= 15 is 0 Å². The topological polar surface area (TPSA) is 58.7 Å². The Morgan fingerprint density at radius 3 is 2.78 bits per heavy atom. The molecule has 0 aliphatic rings. The molecule has 102 valence electrons. The second-order valence-electron chi connectivity index (χ2n) is 4.25. The molecule has 18 heavy (non-hydrogen) atoms. The van der Waals surface area contributed by atoms with Gasteiger partial charge in [0.25, 0.3) is 0 Å².